The molecule has 0 saturated carbocycles. The Labute approximate surface area is 214 Å². The number of anilines is 1. The lowest BCUT2D eigenvalue weighted by atomic mass is 10.1. The van der Waals surface area contributed by atoms with Gasteiger partial charge >= 0.3 is 0 Å². The van der Waals surface area contributed by atoms with Crippen LogP contribution in [-0.2, 0) is 6.42 Å². The highest BCUT2D eigenvalue weighted by Crippen LogP contribution is 2.30. The summed E-state index contributed by atoms with van der Waals surface area (Å²) in [5, 5.41) is 17.3. The van der Waals surface area contributed by atoms with Crippen LogP contribution >= 0.6 is 0 Å². The fraction of sp³-hybridized carbons (Fsp3) is 0.407. The van der Waals surface area contributed by atoms with Crippen molar-refractivity contribution in [2.24, 2.45) is 0 Å². The zero-order chi connectivity index (χ0) is 26.2. The summed E-state index contributed by atoms with van der Waals surface area (Å²) in [6.07, 6.45) is 4.61. The van der Waals surface area contributed by atoms with Gasteiger partial charge in [-0.3, -0.25) is 10.00 Å². The highest BCUT2D eigenvalue weighted by molar-refractivity contribution is 5.90. The molecule has 1 saturated heterocycles. The number of aliphatic hydroxyl groups is 1. The van der Waals surface area contributed by atoms with Gasteiger partial charge in [0.05, 0.1) is 17.4 Å². The summed E-state index contributed by atoms with van der Waals surface area (Å²) < 4.78 is 29.6. The van der Waals surface area contributed by atoms with Gasteiger partial charge in [0.1, 0.15) is 34.2 Å². The number of aryl methyl sites for hydroxylation is 1. The quantitative estimate of drug-likeness (QED) is 0.387. The van der Waals surface area contributed by atoms with Crippen LogP contribution in [0.3, 0.4) is 0 Å². The molecular weight excluding hydrogens is 476 g/mol. The monoisotopic (exact) mass is 507 g/mol. The predicted molar refractivity (Wildman–Crippen MR) is 139 cm³/mol. The van der Waals surface area contributed by atoms with E-state index >= 15 is 0 Å². The predicted octanol–water partition coefficient (Wildman–Crippen LogP) is 4.21. The fourth-order valence-corrected chi connectivity index (χ4v) is 4.80. The van der Waals surface area contributed by atoms with Gasteiger partial charge in [0.2, 0.25) is 0 Å². The number of β-amino-alcohol motifs (C(OH)–C–C–N with tert-alkyl or cyclic N) is 1. The highest BCUT2D eigenvalue weighted by atomic mass is 19.1. The number of hydrogen-bond acceptors (Lipinski definition) is 7. The molecule has 1 aliphatic heterocycles. The van der Waals surface area contributed by atoms with E-state index in [0.717, 1.165) is 44.0 Å². The second-order valence-electron chi connectivity index (χ2n) is 10.2. The molecule has 0 atom stereocenters. The summed E-state index contributed by atoms with van der Waals surface area (Å²) in [5.74, 6) is -0.525. The first-order valence-electron chi connectivity index (χ1n) is 12.6. The molecule has 0 aliphatic carbocycles. The van der Waals surface area contributed by atoms with Crippen molar-refractivity contribution in [2.45, 2.75) is 39.2 Å². The molecule has 10 heteroatoms. The largest absolute Gasteiger partial charge is 0.389 e. The molecule has 8 nitrogen and oxygen atoms in total. The number of halogens is 2. The Kier molecular flexibility index (Phi) is 6.87. The summed E-state index contributed by atoms with van der Waals surface area (Å²) in [4.78, 5) is 17.8. The van der Waals surface area contributed by atoms with E-state index in [1.54, 1.807) is 6.20 Å². The second-order valence-corrected chi connectivity index (χ2v) is 10.2. The zero-order valence-electron chi connectivity index (χ0n) is 21.3. The maximum atomic E-state index is 14.8. The average molecular weight is 508 g/mol. The van der Waals surface area contributed by atoms with Crippen LogP contribution in [0.25, 0.3) is 33.7 Å². The molecule has 0 unspecified atom stereocenters. The molecule has 2 N–H and O–H groups in total. The molecule has 1 aliphatic rings. The lowest BCUT2D eigenvalue weighted by Crippen LogP contribution is -2.50. The number of benzene rings is 1. The average Bonchev–Trinajstić information content (AvgIpc) is 3.27. The lowest BCUT2D eigenvalue weighted by Gasteiger charge is -2.37. The minimum Gasteiger partial charge on any atom is -0.389 e. The Balaban J connectivity index is 1.38. The summed E-state index contributed by atoms with van der Waals surface area (Å²) in [6.45, 7) is 9.58. The number of pyridine rings is 1. The first kappa shape index (κ1) is 25.2. The molecule has 0 spiro atoms. The Hall–Kier alpha value is -3.50. The van der Waals surface area contributed by atoms with Gasteiger partial charge in [-0.25, -0.2) is 23.7 Å². The molecule has 3 aromatic heterocycles. The molecule has 5 rings (SSSR count). The maximum Gasteiger partial charge on any atom is 0.165 e. The molecule has 0 radical (unpaired) electrons. The molecule has 0 amide bonds. The summed E-state index contributed by atoms with van der Waals surface area (Å²) >= 11 is 0. The van der Waals surface area contributed by atoms with Crippen molar-refractivity contribution in [2.75, 3.05) is 37.6 Å². The number of H-pyrrole nitrogens is 1. The van der Waals surface area contributed by atoms with Gasteiger partial charge in [0, 0.05) is 44.5 Å². The minimum absolute atomic E-state index is 0.0262. The molecule has 194 valence electrons. The van der Waals surface area contributed by atoms with Crippen LogP contribution in [0.1, 0.15) is 32.8 Å². The van der Waals surface area contributed by atoms with E-state index in [-0.39, 0.29) is 11.4 Å². The molecular formula is C27H31F2N7O. The van der Waals surface area contributed by atoms with Gasteiger partial charge in [0.25, 0.3) is 0 Å². The summed E-state index contributed by atoms with van der Waals surface area (Å²) in [7, 11) is 0. The first-order valence-corrected chi connectivity index (χ1v) is 12.6. The smallest absolute Gasteiger partial charge is 0.165 e. The Morgan fingerprint density at radius 1 is 1.03 bits per heavy atom. The number of nitrogens with zero attached hydrogens (tertiary/aromatic N) is 6. The molecule has 1 fully saturated rings. The van der Waals surface area contributed by atoms with E-state index in [9.17, 15) is 13.9 Å². The van der Waals surface area contributed by atoms with E-state index < -0.39 is 17.2 Å². The SMILES string of the molecule is CCCc1cc(F)c(-c2ncc3[nH]nc(-c4ccc(N5CCN(CC(C)(C)O)CC5)nc4)c3n2)c(F)c1. The Bertz CT molecular complexity index is 1370. The maximum absolute atomic E-state index is 14.8. The van der Waals surface area contributed by atoms with Crippen molar-refractivity contribution in [3.63, 3.8) is 0 Å². The summed E-state index contributed by atoms with van der Waals surface area (Å²) in [6, 6.07) is 6.55. The van der Waals surface area contributed by atoms with Gasteiger partial charge in [-0.05, 0) is 50.1 Å². The fourth-order valence-electron chi connectivity index (χ4n) is 4.80. The zero-order valence-corrected chi connectivity index (χ0v) is 21.3. The van der Waals surface area contributed by atoms with Crippen molar-refractivity contribution >= 4 is 16.9 Å². The third kappa shape index (κ3) is 5.45. The Morgan fingerprint density at radius 3 is 2.38 bits per heavy atom. The topological polar surface area (TPSA) is 94.1 Å². The normalized spacial score (nSPS) is 15.0. The van der Waals surface area contributed by atoms with Crippen LogP contribution in [0.5, 0.6) is 0 Å². The number of hydrogen-bond donors (Lipinski definition) is 2. The number of nitrogens with one attached hydrogen (secondary N) is 1. The first-order chi connectivity index (χ1) is 17.7. The van der Waals surface area contributed by atoms with Gasteiger partial charge in [-0.2, -0.15) is 5.10 Å². The third-order valence-electron chi connectivity index (χ3n) is 6.49. The number of piperazine rings is 1. The summed E-state index contributed by atoms with van der Waals surface area (Å²) in [5.41, 5.74) is 1.96. The minimum atomic E-state index is -0.714. The van der Waals surface area contributed by atoms with Crippen LogP contribution < -0.4 is 4.90 Å². The van der Waals surface area contributed by atoms with E-state index in [1.165, 1.54) is 18.3 Å². The van der Waals surface area contributed by atoms with Crippen molar-refractivity contribution in [3.05, 3.63) is 53.9 Å². The van der Waals surface area contributed by atoms with E-state index in [1.807, 2.05) is 32.9 Å². The second kappa shape index (κ2) is 10.1. The standard InChI is InChI=1S/C27H31F2N7O/c1-4-5-17-12-19(28)23(20(29)13-17)26-31-15-21-25(32-26)24(34-33-21)18-6-7-22(30-14-18)36-10-8-35(9-11-36)16-27(2,3)37/h6-7,12-15,37H,4-5,8-11,16H2,1-3H3,(H,33,34). The van der Waals surface area contributed by atoms with Crippen molar-refractivity contribution < 1.29 is 13.9 Å². The molecule has 4 aromatic rings. The molecule has 0 bridgehead atoms. The van der Waals surface area contributed by atoms with Gasteiger partial charge < -0.3 is 10.0 Å². The number of rotatable bonds is 7. The molecule has 37 heavy (non-hydrogen) atoms. The molecule has 4 heterocycles. The molecule has 1 aromatic carbocycles. The van der Waals surface area contributed by atoms with Crippen molar-refractivity contribution in [1.82, 2.24) is 30.0 Å². The van der Waals surface area contributed by atoms with Crippen LogP contribution in [0.4, 0.5) is 14.6 Å². The van der Waals surface area contributed by atoms with Crippen LogP contribution in [-0.4, -0.2) is 73.5 Å². The third-order valence-corrected chi connectivity index (χ3v) is 6.49. The number of fused-ring (bicyclic) bond motifs is 1. The Morgan fingerprint density at radius 2 is 1.76 bits per heavy atom. The van der Waals surface area contributed by atoms with Crippen LogP contribution in [0, 0.1) is 11.6 Å². The van der Waals surface area contributed by atoms with Gasteiger partial charge in [0.15, 0.2) is 5.82 Å². The highest BCUT2D eigenvalue weighted by Gasteiger charge is 2.24. The van der Waals surface area contributed by atoms with Crippen LogP contribution in [0.2, 0.25) is 0 Å². The lowest BCUT2D eigenvalue weighted by molar-refractivity contribution is 0.0344. The van der Waals surface area contributed by atoms with E-state index in [4.69, 9.17) is 0 Å². The number of aromatic amines is 1. The van der Waals surface area contributed by atoms with Crippen molar-refractivity contribution in [3.8, 4) is 22.6 Å². The number of aromatic nitrogens is 5. The van der Waals surface area contributed by atoms with Gasteiger partial charge in [-0.1, -0.05) is 13.3 Å². The van der Waals surface area contributed by atoms with Crippen LogP contribution in [0.15, 0.2) is 36.7 Å². The van der Waals surface area contributed by atoms with E-state index in [2.05, 4.69) is 34.9 Å². The van der Waals surface area contributed by atoms with Gasteiger partial charge in [-0.15, -0.1) is 0 Å². The van der Waals surface area contributed by atoms with E-state index in [0.29, 0.717) is 35.3 Å². The van der Waals surface area contributed by atoms with Crippen molar-refractivity contribution in [1.29, 1.82) is 0 Å².